The van der Waals surface area contributed by atoms with Crippen LogP contribution in [-0.4, -0.2) is 112 Å². The second-order valence-corrected chi connectivity index (χ2v) is 23.0. The van der Waals surface area contributed by atoms with Crippen molar-refractivity contribution >= 4 is 86.4 Å². The quantitative estimate of drug-likeness (QED) is 0.113. The number of likely N-dealkylation sites (tertiary alicyclic amines) is 1. The highest BCUT2D eigenvalue weighted by molar-refractivity contribution is 8.13. The molecule has 7 atom stereocenters. The molecule has 4 fully saturated rings. The van der Waals surface area contributed by atoms with Crippen LogP contribution in [0.4, 0.5) is 13.2 Å². The van der Waals surface area contributed by atoms with Crippen LogP contribution in [-0.2, 0) is 43.2 Å². The topological polar surface area (TPSA) is 168 Å². The van der Waals surface area contributed by atoms with E-state index in [1.807, 2.05) is 27.7 Å². The lowest BCUT2D eigenvalue weighted by atomic mass is 9.99. The van der Waals surface area contributed by atoms with E-state index < -0.39 is 74.1 Å². The molecule has 4 heterocycles. The average molecular weight is 945 g/mol. The summed E-state index contributed by atoms with van der Waals surface area (Å²) in [5.41, 5.74) is -4.85. The molecule has 342 valence electrons. The molecule has 3 aliphatic heterocycles. The van der Waals surface area contributed by atoms with Gasteiger partial charge in [0.1, 0.15) is 18.3 Å². The number of nitrogens with one attached hydrogen (secondary N) is 2. The van der Waals surface area contributed by atoms with Gasteiger partial charge in [-0.05, 0) is 79.4 Å². The van der Waals surface area contributed by atoms with Gasteiger partial charge in [0.2, 0.25) is 17.7 Å². The molecule has 13 nitrogen and oxygen atoms in total. The fraction of sp³-hybridized carbons (Fsp3) is 0.667. The van der Waals surface area contributed by atoms with Gasteiger partial charge in [-0.15, -0.1) is 11.3 Å². The molecule has 1 aromatic heterocycles. The molecule has 4 amide bonds. The first-order valence-corrected chi connectivity index (χ1v) is 25.5. The summed E-state index contributed by atoms with van der Waals surface area (Å²) in [6.45, 7) is 7.82. The van der Waals surface area contributed by atoms with Crippen molar-refractivity contribution in [1.82, 2.24) is 20.4 Å². The van der Waals surface area contributed by atoms with E-state index in [0.717, 1.165) is 59.8 Å². The zero-order valence-electron chi connectivity index (χ0n) is 35.6. The normalized spacial score (nSPS) is 25.1. The molecule has 1 aromatic carbocycles. The number of carbonyl (C=O) groups excluding carboxylic acids is 6. The van der Waals surface area contributed by atoms with Crippen LogP contribution in [0.3, 0.4) is 0 Å². The molecule has 2 N–H and O–H groups in total. The smallest absolute Gasteiger partial charge is 0.347 e. The summed E-state index contributed by atoms with van der Waals surface area (Å²) in [5, 5.41) is 5.53. The number of carbonyl (C=O) groups is 6. The van der Waals surface area contributed by atoms with Crippen molar-refractivity contribution in [3.63, 3.8) is 0 Å². The Morgan fingerprint density at radius 3 is 2.13 bits per heavy atom. The van der Waals surface area contributed by atoms with E-state index in [-0.39, 0.29) is 87.6 Å². The summed E-state index contributed by atoms with van der Waals surface area (Å²) in [5.74, 6) is -1.13. The van der Waals surface area contributed by atoms with Crippen LogP contribution in [0.25, 0.3) is 10.1 Å². The maximum absolute atomic E-state index is 16.4. The molecule has 3 saturated heterocycles. The number of halogens is 3. The molecule has 2 aromatic rings. The second-order valence-electron chi connectivity index (χ2n) is 17.5. The van der Waals surface area contributed by atoms with Crippen LogP contribution >= 0.6 is 42.5 Å². The van der Waals surface area contributed by atoms with Gasteiger partial charge in [0.05, 0.1) is 30.7 Å². The summed E-state index contributed by atoms with van der Waals surface area (Å²) in [7, 11) is -5.25. The minimum absolute atomic E-state index is 0.0308. The number of hydrogen-bond donors (Lipinski definition) is 2. The van der Waals surface area contributed by atoms with E-state index in [0.29, 0.717) is 29.9 Å². The van der Waals surface area contributed by atoms with Gasteiger partial charge in [0.25, 0.3) is 5.91 Å². The lowest BCUT2D eigenvalue weighted by molar-refractivity contribution is -0.143. The highest BCUT2D eigenvalue weighted by Crippen LogP contribution is 2.67. The monoisotopic (exact) mass is 944 g/mol. The molecular formula is C42H56F3N4O9PS3. The first-order chi connectivity index (χ1) is 29.3. The summed E-state index contributed by atoms with van der Waals surface area (Å²) >= 11 is 2.81. The van der Waals surface area contributed by atoms with E-state index in [4.69, 9.17) is 9.05 Å². The van der Waals surface area contributed by atoms with E-state index >= 15 is 8.78 Å². The van der Waals surface area contributed by atoms with Crippen molar-refractivity contribution in [2.24, 2.45) is 23.7 Å². The SMILES string of the molecule is CC(=O)N1C[C@@H](F)[C@@H](NC(=O)[C@@H]2CC[C@@H]3C[C@@H]4C[C@@H]4C[C@H](NC(=O)c4cc5cc(C(F)(F)P(=O)(OCCSC(=O)CC(C)C)OCCSC(=O)CC(C)C)ccc5s4)C(=O)N32)C1. The molecule has 0 radical (unpaired) electrons. The number of benzene rings is 1. The fourth-order valence-corrected chi connectivity index (χ4v) is 12.8. The van der Waals surface area contributed by atoms with Crippen molar-refractivity contribution < 1.29 is 55.6 Å². The van der Waals surface area contributed by atoms with Crippen molar-refractivity contribution in [2.75, 3.05) is 37.8 Å². The maximum atomic E-state index is 16.4. The Balaban J connectivity index is 1.15. The third kappa shape index (κ3) is 11.6. The number of amides is 4. The predicted octanol–water partition coefficient (Wildman–Crippen LogP) is 7.36. The number of nitrogens with zero attached hydrogens (tertiary/aromatic N) is 2. The highest BCUT2D eigenvalue weighted by Gasteiger charge is 2.55. The summed E-state index contributed by atoms with van der Waals surface area (Å²) in [6.07, 6.45) is 2.04. The Morgan fingerprint density at radius 2 is 1.53 bits per heavy atom. The Morgan fingerprint density at radius 1 is 0.903 bits per heavy atom. The van der Waals surface area contributed by atoms with Crippen LogP contribution < -0.4 is 10.6 Å². The van der Waals surface area contributed by atoms with E-state index in [9.17, 15) is 37.7 Å². The lowest BCUT2D eigenvalue weighted by Gasteiger charge is -2.35. The van der Waals surface area contributed by atoms with E-state index in [2.05, 4.69) is 10.6 Å². The molecule has 1 aliphatic carbocycles. The molecule has 0 unspecified atom stereocenters. The fourth-order valence-electron chi connectivity index (χ4n) is 8.42. The number of thioether (sulfide) groups is 2. The van der Waals surface area contributed by atoms with E-state index in [1.165, 1.54) is 24.0 Å². The van der Waals surface area contributed by atoms with Crippen LogP contribution in [0.1, 0.15) is 94.8 Å². The number of fused-ring (bicyclic) bond motifs is 3. The van der Waals surface area contributed by atoms with Gasteiger partial charge in [-0.3, -0.25) is 33.3 Å². The Kier molecular flexibility index (Phi) is 16.0. The molecule has 0 bridgehead atoms. The first-order valence-electron chi connectivity index (χ1n) is 21.2. The van der Waals surface area contributed by atoms with Gasteiger partial charge >= 0.3 is 13.3 Å². The highest BCUT2D eigenvalue weighted by atomic mass is 32.2. The molecule has 0 spiro atoms. The van der Waals surface area contributed by atoms with Gasteiger partial charge < -0.3 is 29.5 Å². The Hall–Kier alpha value is -2.96. The predicted molar refractivity (Wildman–Crippen MR) is 234 cm³/mol. The van der Waals surface area contributed by atoms with Gasteiger partial charge in [0.15, 0.2) is 10.2 Å². The molecule has 1 saturated carbocycles. The van der Waals surface area contributed by atoms with Crippen LogP contribution in [0.15, 0.2) is 24.3 Å². The van der Waals surface area contributed by atoms with E-state index in [1.54, 1.807) is 4.90 Å². The van der Waals surface area contributed by atoms with Crippen molar-refractivity contribution in [1.29, 1.82) is 0 Å². The minimum atomic E-state index is -5.25. The van der Waals surface area contributed by atoms with Crippen LogP contribution in [0, 0.1) is 23.7 Å². The largest absolute Gasteiger partial charge is 0.404 e. The van der Waals surface area contributed by atoms with Crippen LogP contribution in [0.2, 0.25) is 0 Å². The molecule has 20 heteroatoms. The number of alkyl halides is 3. The molecule has 4 aliphatic rings. The van der Waals surface area contributed by atoms with Crippen molar-refractivity contribution in [2.45, 2.75) is 116 Å². The second kappa shape index (κ2) is 20.5. The summed E-state index contributed by atoms with van der Waals surface area (Å²) in [6, 6.07) is 2.02. The zero-order valence-corrected chi connectivity index (χ0v) is 38.9. The maximum Gasteiger partial charge on any atom is 0.404 e. The Labute approximate surface area is 372 Å². The Bertz CT molecular complexity index is 2040. The number of rotatable bonds is 18. The van der Waals surface area contributed by atoms with Crippen LogP contribution in [0.5, 0.6) is 0 Å². The molecule has 6 rings (SSSR count). The third-order valence-electron chi connectivity index (χ3n) is 11.7. The molecular weight excluding hydrogens is 889 g/mol. The van der Waals surface area contributed by atoms with Crippen molar-refractivity contribution in [3.05, 3.63) is 34.7 Å². The molecule has 62 heavy (non-hydrogen) atoms. The third-order valence-corrected chi connectivity index (χ3v) is 16.5. The number of hydrogen-bond acceptors (Lipinski definition) is 12. The van der Waals surface area contributed by atoms with Crippen molar-refractivity contribution in [3.8, 4) is 0 Å². The standard InChI is InChI=1S/C42H56F3N4O9PS3/c1-23(2)14-37(51)60-12-10-57-59(56,58-11-13-61-38(52)15-24(3)4)42(44,45)29-6-9-35-28(17-29)20-36(62-35)40(54)46-32-19-27-16-26(27)18-30-7-8-34(49(30)41(32)55)39(53)47-33-22-48(25(5)50)21-31(33)43/h6,9,17,20,23-24,26-27,30-34H,7-8,10-16,18-19,21-22H2,1-5H3,(H,46,54)(H,47,53)/t26-,27+,30+,31+,32-,33-,34-/m0/s1. The summed E-state index contributed by atoms with van der Waals surface area (Å²) < 4.78 is 72.8. The minimum Gasteiger partial charge on any atom is -0.347 e. The first kappa shape index (κ1) is 48.5. The lowest BCUT2D eigenvalue weighted by Crippen LogP contribution is -2.58. The zero-order chi connectivity index (χ0) is 45.1. The van der Waals surface area contributed by atoms with Gasteiger partial charge in [-0.25, -0.2) is 4.39 Å². The summed E-state index contributed by atoms with van der Waals surface area (Å²) in [4.78, 5) is 81.0. The van der Waals surface area contributed by atoms with Gasteiger partial charge in [0, 0.05) is 54.1 Å². The van der Waals surface area contributed by atoms with Gasteiger partial charge in [-0.2, -0.15) is 8.78 Å². The van der Waals surface area contributed by atoms with Gasteiger partial charge in [-0.1, -0.05) is 57.3 Å². The average Bonchev–Trinajstić information content (AvgIpc) is 3.48. The number of thiophene rings is 1.